The molecule has 30 heavy (non-hydrogen) atoms. The Morgan fingerprint density at radius 1 is 0.967 bits per heavy atom. The van der Waals surface area contributed by atoms with Gasteiger partial charge in [-0.1, -0.05) is 54.1 Å². The number of hydrogen-bond acceptors (Lipinski definition) is 3. The van der Waals surface area contributed by atoms with Crippen molar-refractivity contribution in [3.63, 3.8) is 0 Å². The van der Waals surface area contributed by atoms with Crippen LogP contribution in [0.3, 0.4) is 0 Å². The van der Waals surface area contributed by atoms with Gasteiger partial charge in [0.25, 0.3) is 5.91 Å². The van der Waals surface area contributed by atoms with Gasteiger partial charge in [0.05, 0.1) is 18.0 Å². The van der Waals surface area contributed by atoms with Crippen molar-refractivity contribution < 1.29 is 14.0 Å². The van der Waals surface area contributed by atoms with E-state index in [0.29, 0.717) is 11.4 Å². The molecule has 1 atom stereocenters. The van der Waals surface area contributed by atoms with E-state index in [1.807, 2.05) is 54.6 Å². The van der Waals surface area contributed by atoms with Gasteiger partial charge in [0, 0.05) is 21.8 Å². The summed E-state index contributed by atoms with van der Waals surface area (Å²) in [5.74, 6) is -0.699. The van der Waals surface area contributed by atoms with Gasteiger partial charge < -0.3 is 4.90 Å². The molecule has 2 heterocycles. The van der Waals surface area contributed by atoms with Crippen molar-refractivity contribution in [3.8, 4) is 0 Å². The first-order valence-corrected chi connectivity index (χ1v) is 10.8. The zero-order valence-electron chi connectivity index (χ0n) is 15.7. The van der Waals surface area contributed by atoms with Gasteiger partial charge in [-0.2, -0.15) is 0 Å². The van der Waals surface area contributed by atoms with E-state index in [9.17, 15) is 14.0 Å². The predicted octanol–water partition coefficient (Wildman–Crippen LogP) is 4.96. The molecule has 0 N–H and O–H groups in total. The SMILES string of the molecule is O=C1CS[C@@]2(C(=O)N(Cc3c(F)cccc3Cl)c3ccccc32)N1c1ccccc1. The second-order valence-electron chi connectivity index (χ2n) is 7.11. The van der Waals surface area contributed by atoms with E-state index in [1.54, 1.807) is 11.0 Å². The molecule has 3 aromatic carbocycles. The number of anilines is 2. The summed E-state index contributed by atoms with van der Waals surface area (Å²) in [5.41, 5.74) is 2.29. The summed E-state index contributed by atoms with van der Waals surface area (Å²) in [6.45, 7) is -0.0134. The molecule has 4 nitrogen and oxygen atoms in total. The number of rotatable bonds is 3. The average molecular weight is 439 g/mol. The summed E-state index contributed by atoms with van der Waals surface area (Å²) in [6, 6.07) is 21.0. The van der Waals surface area contributed by atoms with Gasteiger partial charge >= 0.3 is 0 Å². The van der Waals surface area contributed by atoms with Crippen molar-refractivity contribution in [2.75, 3.05) is 15.6 Å². The Bertz CT molecular complexity index is 1150. The van der Waals surface area contributed by atoms with Crippen molar-refractivity contribution in [1.29, 1.82) is 0 Å². The Morgan fingerprint density at radius 3 is 2.47 bits per heavy atom. The minimum absolute atomic E-state index is 0.0134. The Hall–Kier alpha value is -2.83. The molecule has 0 aliphatic carbocycles. The highest BCUT2D eigenvalue weighted by atomic mass is 35.5. The van der Waals surface area contributed by atoms with Gasteiger partial charge in [-0.15, -0.1) is 11.8 Å². The monoisotopic (exact) mass is 438 g/mol. The van der Waals surface area contributed by atoms with E-state index >= 15 is 0 Å². The van der Waals surface area contributed by atoms with Crippen LogP contribution in [-0.2, 0) is 21.0 Å². The number of hydrogen-bond donors (Lipinski definition) is 0. The van der Waals surface area contributed by atoms with Crippen molar-refractivity contribution in [1.82, 2.24) is 0 Å². The molecule has 1 saturated heterocycles. The number of amides is 2. The van der Waals surface area contributed by atoms with Crippen LogP contribution in [0.2, 0.25) is 5.02 Å². The molecular weight excluding hydrogens is 423 g/mol. The van der Waals surface area contributed by atoms with Gasteiger partial charge in [-0.05, 0) is 30.3 Å². The van der Waals surface area contributed by atoms with Crippen LogP contribution in [0.1, 0.15) is 11.1 Å². The zero-order valence-corrected chi connectivity index (χ0v) is 17.3. The van der Waals surface area contributed by atoms with E-state index in [-0.39, 0.29) is 34.7 Å². The number of nitrogens with zero attached hydrogens (tertiary/aromatic N) is 2. The number of fused-ring (bicyclic) bond motifs is 2. The first-order valence-electron chi connectivity index (χ1n) is 9.40. The third-order valence-electron chi connectivity index (χ3n) is 5.46. The fourth-order valence-electron chi connectivity index (χ4n) is 4.13. The number of para-hydroxylation sites is 2. The summed E-state index contributed by atoms with van der Waals surface area (Å²) in [6.07, 6.45) is 0. The second-order valence-corrected chi connectivity index (χ2v) is 8.68. The van der Waals surface area contributed by atoms with Crippen molar-refractivity contribution >= 4 is 46.6 Å². The maximum absolute atomic E-state index is 14.5. The molecule has 0 aromatic heterocycles. The normalized spacial score (nSPS) is 20.3. The van der Waals surface area contributed by atoms with Crippen LogP contribution in [0.4, 0.5) is 15.8 Å². The first kappa shape index (κ1) is 19.2. The molecule has 1 fully saturated rings. The highest BCUT2D eigenvalue weighted by Gasteiger charge is 2.60. The minimum atomic E-state index is -1.22. The molecule has 3 aromatic rings. The fraction of sp³-hybridized carbons (Fsp3) is 0.130. The molecule has 7 heteroatoms. The third-order valence-corrected chi connectivity index (χ3v) is 7.20. The molecule has 2 amide bonds. The lowest BCUT2D eigenvalue weighted by molar-refractivity contribution is -0.123. The molecule has 5 rings (SSSR count). The zero-order chi connectivity index (χ0) is 20.9. The molecule has 0 radical (unpaired) electrons. The lowest BCUT2D eigenvalue weighted by Crippen LogP contribution is -2.49. The Labute approximate surface area is 182 Å². The smallest absolute Gasteiger partial charge is 0.269 e. The largest absolute Gasteiger partial charge is 0.304 e. The molecule has 2 aliphatic heterocycles. The highest BCUT2D eigenvalue weighted by Crippen LogP contribution is 2.56. The topological polar surface area (TPSA) is 40.6 Å². The quantitative estimate of drug-likeness (QED) is 0.580. The minimum Gasteiger partial charge on any atom is -0.304 e. The number of carbonyl (C=O) groups excluding carboxylic acids is 2. The van der Waals surface area contributed by atoms with E-state index in [1.165, 1.54) is 28.8 Å². The average Bonchev–Trinajstić information content (AvgIpc) is 3.22. The number of halogens is 2. The van der Waals surface area contributed by atoms with Crippen molar-refractivity contribution in [2.45, 2.75) is 11.4 Å². The molecular formula is C23H16ClFN2O2S. The summed E-state index contributed by atoms with van der Waals surface area (Å²) in [7, 11) is 0. The van der Waals surface area contributed by atoms with Crippen LogP contribution in [-0.4, -0.2) is 17.6 Å². The molecule has 2 aliphatic rings. The predicted molar refractivity (Wildman–Crippen MR) is 117 cm³/mol. The summed E-state index contributed by atoms with van der Waals surface area (Å²) in [5, 5.41) is 0.260. The number of thioether (sulfide) groups is 1. The van der Waals surface area contributed by atoms with Crippen molar-refractivity contribution in [2.24, 2.45) is 0 Å². The van der Waals surface area contributed by atoms with Gasteiger partial charge in [0.1, 0.15) is 5.82 Å². The van der Waals surface area contributed by atoms with Crippen LogP contribution in [0.15, 0.2) is 72.8 Å². The summed E-state index contributed by atoms with van der Waals surface area (Å²) >= 11 is 7.53. The fourth-order valence-corrected chi connectivity index (χ4v) is 5.71. The first-order chi connectivity index (χ1) is 14.5. The number of carbonyl (C=O) groups is 2. The lowest BCUT2D eigenvalue weighted by atomic mass is 10.0. The van der Waals surface area contributed by atoms with Gasteiger partial charge in [0.15, 0.2) is 0 Å². The number of benzene rings is 3. The van der Waals surface area contributed by atoms with Gasteiger partial charge in [0.2, 0.25) is 10.8 Å². The lowest BCUT2D eigenvalue weighted by Gasteiger charge is -2.33. The molecule has 150 valence electrons. The van der Waals surface area contributed by atoms with Crippen LogP contribution >= 0.6 is 23.4 Å². The molecule has 0 bridgehead atoms. The van der Waals surface area contributed by atoms with Crippen LogP contribution in [0.5, 0.6) is 0 Å². The molecule has 1 spiro atoms. The van der Waals surface area contributed by atoms with Crippen molar-refractivity contribution in [3.05, 3.63) is 94.8 Å². The van der Waals surface area contributed by atoms with Crippen LogP contribution < -0.4 is 9.80 Å². The maximum Gasteiger partial charge on any atom is 0.269 e. The van der Waals surface area contributed by atoms with Crippen LogP contribution in [0.25, 0.3) is 0 Å². The Kier molecular flexibility index (Phi) is 4.56. The third kappa shape index (κ3) is 2.67. The van der Waals surface area contributed by atoms with E-state index in [4.69, 9.17) is 11.6 Å². The van der Waals surface area contributed by atoms with E-state index in [0.717, 1.165) is 5.56 Å². The van der Waals surface area contributed by atoms with E-state index < -0.39 is 10.7 Å². The summed E-state index contributed by atoms with van der Waals surface area (Å²) < 4.78 is 14.5. The van der Waals surface area contributed by atoms with Gasteiger partial charge in [-0.3, -0.25) is 14.5 Å². The molecule has 0 saturated carbocycles. The Morgan fingerprint density at radius 2 is 1.70 bits per heavy atom. The molecule has 0 unspecified atom stereocenters. The second kappa shape index (κ2) is 7.15. The van der Waals surface area contributed by atoms with Gasteiger partial charge in [-0.25, -0.2) is 4.39 Å². The Balaban J connectivity index is 1.66. The summed E-state index contributed by atoms with van der Waals surface area (Å²) in [4.78, 5) is 28.7. The maximum atomic E-state index is 14.5. The van der Waals surface area contributed by atoms with E-state index in [2.05, 4.69) is 0 Å². The standard InChI is InChI=1S/C23H16ClFN2O2S/c24-18-10-6-11-19(25)16(18)13-26-20-12-5-4-9-17(20)23(22(26)29)27(21(28)14-30-23)15-7-2-1-3-8-15/h1-12H,13-14H2/t23-/m0/s1. The van der Waals surface area contributed by atoms with Crippen LogP contribution in [0, 0.1) is 5.82 Å². The highest BCUT2D eigenvalue weighted by molar-refractivity contribution is 8.02.